The predicted molar refractivity (Wildman–Crippen MR) is 157 cm³/mol. The number of pyridine rings is 1. The van der Waals surface area contributed by atoms with Crippen LogP contribution >= 0.6 is 15.9 Å². The SMILES string of the molecule is COc1ccc(C2CC(c3ccc(Br)cc3)=NN2C(=O)Cn2c(-c3cccnc3)nc3ccccc32)cc1OC. The fourth-order valence-corrected chi connectivity index (χ4v) is 5.30. The Labute approximate surface area is 240 Å². The lowest BCUT2D eigenvalue weighted by Gasteiger charge is -2.23. The number of ether oxygens (including phenoxy) is 2. The maximum absolute atomic E-state index is 14.1. The van der Waals surface area contributed by atoms with E-state index >= 15 is 0 Å². The summed E-state index contributed by atoms with van der Waals surface area (Å²) >= 11 is 3.50. The molecule has 8 nitrogen and oxygen atoms in total. The molecule has 0 bridgehead atoms. The average molecular weight is 596 g/mol. The number of methoxy groups -OCH3 is 2. The Balaban J connectivity index is 1.41. The number of benzene rings is 3. The van der Waals surface area contributed by atoms with Crippen LogP contribution in [0.25, 0.3) is 22.4 Å². The number of aromatic nitrogens is 3. The van der Waals surface area contributed by atoms with E-state index in [2.05, 4.69) is 20.9 Å². The number of carbonyl (C=O) groups excluding carboxylic acids is 1. The quantitative estimate of drug-likeness (QED) is 0.222. The number of amides is 1. The van der Waals surface area contributed by atoms with Crippen molar-refractivity contribution in [3.05, 3.63) is 107 Å². The fourth-order valence-electron chi connectivity index (χ4n) is 5.04. The zero-order valence-corrected chi connectivity index (χ0v) is 23.6. The van der Waals surface area contributed by atoms with Gasteiger partial charge in [-0.1, -0.05) is 46.3 Å². The third kappa shape index (κ3) is 4.84. The van der Waals surface area contributed by atoms with Crippen LogP contribution in [0.5, 0.6) is 11.5 Å². The van der Waals surface area contributed by atoms with E-state index in [0.717, 1.165) is 37.9 Å². The Hall–Kier alpha value is -4.50. The molecule has 0 radical (unpaired) electrons. The molecule has 1 atom stereocenters. The molecule has 1 amide bonds. The molecule has 3 aromatic carbocycles. The number of hydrogen-bond donors (Lipinski definition) is 0. The average Bonchev–Trinajstić information content (AvgIpc) is 3.60. The molecule has 200 valence electrons. The molecule has 1 unspecified atom stereocenters. The first-order valence-corrected chi connectivity index (χ1v) is 13.6. The van der Waals surface area contributed by atoms with Gasteiger partial charge in [0.05, 0.1) is 37.0 Å². The summed E-state index contributed by atoms with van der Waals surface area (Å²) in [5.74, 6) is 1.76. The van der Waals surface area contributed by atoms with Crippen LogP contribution in [0.4, 0.5) is 0 Å². The Morgan fingerprint density at radius 1 is 0.950 bits per heavy atom. The molecule has 0 saturated carbocycles. The normalized spacial score (nSPS) is 14.8. The second-order valence-corrected chi connectivity index (χ2v) is 10.3. The van der Waals surface area contributed by atoms with E-state index in [9.17, 15) is 4.79 Å². The van der Waals surface area contributed by atoms with Crippen molar-refractivity contribution in [2.45, 2.75) is 19.0 Å². The molecule has 0 aliphatic carbocycles. The van der Waals surface area contributed by atoms with Gasteiger partial charge >= 0.3 is 0 Å². The summed E-state index contributed by atoms with van der Waals surface area (Å²) < 4.78 is 13.9. The van der Waals surface area contributed by atoms with Crippen molar-refractivity contribution >= 4 is 38.6 Å². The fraction of sp³-hybridized carbons (Fsp3) is 0.161. The van der Waals surface area contributed by atoms with Crippen molar-refractivity contribution in [3.8, 4) is 22.9 Å². The van der Waals surface area contributed by atoms with Crippen molar-refractivity contribution in [1.82, 2.24) is 19.5 Å². The lowest BCUT2D eigenvalue weighted by atomic mass is 9.98. The number of imidazole rings is 1. The predicted octanol–water partition coefficient (Wildman–Crippen LogP) is 6.26. The summed E-state index contributed by atoms with van der Waals surface area (Å²) in [5.41, 5.74) is 5.23. The second-order valence-electron chi connectivity index (χ2n) is 9.38. The third-order valence-electron chi connectivity index (χ3n) is 7.00. The van der Waals surface area contributed by atoms with Gasteiger partial charge in [-0.3, -0.25) is 9.78 Å². The first-order chi connectivity index (χ1) is 19.6. The molecule has 0 spiro atoms. The van der Waals surface area contributed by atoms with Crippen LogP contribution in [-0.2, 0) is 11.3 Å². The van der Waals surface area contributed by atoms with Crippen LogP contribution in [-0.4, -0.2) is 45.4 Å². The highest BCUT2D eigenvalue weighted by molar-refractivity contribution is 9.10. The maximum Gasteiger partial charge on any atom is 0.263 e. The number of halogens is 1. The minimum Gasteiger partial charge on any atom is -0.493 e. The standard InChI is InChI=1S/C31H26BrN5O3/c1-39-28-14-11-21(16-29(28)40-2)27-17-25(20-9-12-23(32)13-10-20)35-37(27)30(38)19-36-26-8-4-3-7-24(26)34-31(36)22-6-5-15-33-18-22/h3-16,18,27H,17,19H2,1-2H3. The van der Waals surface area contributed by atoms with Gasteiger partial charge in [-0.2, -0.15) is 5.10 Å². The first kappa shape index (κ1) is 25.8. The van der Waals surface area contributed by atoms with Gasteiger partial charge in [0.1, 0.15) is 12.4 Å². The highest BCUT2D eigenvalue weighted by Crippen LogP contribution is 2.38. The summed E-state index contributed by atoms with van der Waals surface area (Å²) in [6, 6.07) is 25.0. The largest absolute Gasteiger partial charge is 0.493 e. The zero-order valence-electron chi connectivity index (χ0n) is 22.0. The highest BCUT2D eigenvalue weighted by Gasteiger charge is 2.34. The van der Waals surface area contributed by atoms with Crippen LogP contribution in [0.1, 0.15) is 23.6 Å². The number of hydrogen-bond acceptors (Lipinski definition) is 6. The van der Waals surface area contributed by atoms with Crippen molar-refractivity contribution in [2.24, 2.45) is 5.10 Å². The maximum atomic E-state index is 14.1. The molecular formula is C31H26BrN5O3. The lowest BCUT2D eigenvalue weighted by molar-refractivity contribution is -0.133. The molecule has 0 N–H and O–H groups in total. The van der Waals surface area contributed by atoms with Crippen molar-refractivity contribution in [1.29, 1.82) is 0 Å². The molecule has 9 heteroatoms. The number of para-hydroxylation sites is 2. The molecular weight excluding hydrogens is 570 g/mol. The van der Waals surface area contributed by atoms with Crippen LogP contribution in [0.15, 0.2) is 101 Å². The van der Waals surface area contributed by atoms with Gasteiger partial charge in [-0.15, -0.1) is 0 Å². The number of rotatable bonds is 7. The summed E-state index contributed by atoms with van der Waals surface area (Å²) in [6.45, 7) is 0.0612. The summed E-state index contributed by atoms with van der Waals surface area (Å²) in [4.78, 5) is 23.2. The van der Waals surface area contributed by atoms with Gasteiger partial charge in [-0.25, -0.2) is 9.99 Å². The lowest BCUT2D eigenvalue weighted by Crippen LogP contribution is -2.30. The number of carbonyl (C=O) groups is 1. The van der Waals surface area contributed by atoms with E-state index in [0.29, 0.717) is 23.7 Å². The van der Waals surface area contributed by atoms with E-state index < -0.39 is 0 Å². The van der Waals surface area contributed by atoms with Gasteiger partial charge in [0.2, 0.25) is 0 Å². The molecule has 6 rings (SSSR count). The minimum absolute atomic E-state index is 0.0612. The van der Waals surface area contributed by atoms with E-state index in [1.54, 1.807) is 31.6 Å². The van der Waals surface area contributed by atoms with Gasteiger partial charge in [0, 0.05) is 28.9 Å². The van der Waals surface area contributed by atoms with Crippen LogP contribution in [0, 0.1) is 0 Å². The highest BCUT2D eigenvalue weighted by atomic mass is 79.9. The molecule has 40 heavy (non-hydrogen) atoms. The number of hydrazone groups is 1. The number of fused-ring (bicyclic) bond motifs is 1. The minimum atomic E-state index is -0.317. The van der Waals surface area contributed by atoms with Gasteiger partial charge in [0.25, 0.3) is 5.91 Å². The van der Waals surface area contributed by atoms with E-state index in [1.165, 1.54) is 0 Å². The second kappa shape index (κ2) is 10.9. The van der Waals surface area contributed by atoms with E-state index in [-0.39, 0.29) is 18.5 Å². The van der Waals surface area contributed by atoms with E-state index in [4.69, 9.17) is 19.6 Å². The molecule has 2 aromatic heterocycles. The zero-order chi connectivity index (χ0) is 27.6. The topological polar surface area (TPSA) is 81.8 Å². The summed E-state index contributed by atoms with van der Waals surface area (Å²) in [6.07, 6.45) is 4.04. The molecule has 0 saturated heterocycles. The van der Waals surface area contributed by atoms with Crippen molar-refractivity contribution in [2.75, 3.05) is 14.2 Å². The van der Waals surface area contributed by atoms with Crippen LogP contribution in [0.2, 0.25) is 0 Å². The Bertz CT molecular complexity index is 1720. The molecule has 0 fully saturated rings. The monoisotopic (exact) mass is 595 g/mol. The molecule has 1 aliphatic rings. The molecule has 5 aromatic rings. The smallest absolute Gasteiger partial charge is 0.263 e. The third-order valence-corrected chi connectivity index (χ3v) is 7.53. The van der Waals surface area contributed by atoms with Gasteiger partial charge in [0.15, 0.2) is 11.5 Å². The van der Waals surface area contributed by atoms with Crippen molar-refractivity contribution < 1.29 is 14.3 Å². The number of nitrogens with zero attached hydrogens (tertiary/aromatic N) is 5. The summed E-state index contributed by atoms with van der Waals surface area (Å²) in [5, 5.41) is 6.47. The first-order valence-electron chi connectivity index (χ1n) is 12.8. The molecule has 3 heterocycles. The Morgan fingerprint density at radius 3 is 2.50 bits per heavy atom. The Morgan fingerprint density at radius 2 is 1.75 bits per heavy atom. The van der Waals surface area contributed by atoms with E-state index in [1.807, 2.05) is 83.4 Å². The van der Waals surface area contributed by atoms with Gasteiger partial charge < -0.3 is 14.0 Å². The van der Waals surface area contributed by atoms with Crippen molar-refractivity contribution in [3.63, 3.8) is 0 Å². The van der Waals surface area contributed by atoms with Gasteiger partial charge in [-0.05, 0) is 59.7 Å². The Kier molecular flexibility index (Phi) is 7.04. The molecule has 1 aliphatic heterocycles. The van der Waals surface area contributed by atoms with Crippen LogP contribution in [0.3, 0.4) is 0 Å². The summed E-state index contributed by atoms with van der Waals surface area (Å²) in [7, 11) is 3.21. The van der Waals surface area contributed by atoms with Crippen LogP contribution < -0.4 is 9.47 Å².